The van der Waals surface area contributed by atoms with Crippen molar-refractivity contribution >= 4 is 15.2 Å². The van der Waals surface area contributed by atoms with Gasteiger partial charge in [0.2, 0.25) is 5.40 Å². The van der Waals surface area contributed by atoms with Crippen LogP contribution in [0.1, 0.15) is 0 Å². The molecule has 0 saturated carbocycles. The van der Waals surface area contributed by atoms with E-state index in [-0.39, 0.29) is 0 Å². The van der Waals surface area contributed by atoms with Gasteiger partial charge in [-0.2, -0.15) is 0 Å². The summed E-state index contributed by atoms with van der Waals surface area (Å²) < 4.78 is 24.3. The zero-order valence-corrected chi connectivity index (χ0v) is 16.5. The smallest absolute Gasteiger partial charge is 0.324 e. The first-order chi connectivity index (χ1) is 13.2. The van der Waals surface area contributed by atoms with E-state index < -0.39 is 27.1 Å². The Labute approximate surface area is 162 Å². The van der Waals surface area contributed by atoms with Gasteiger partial charge in [0.15, 0.2) is 18.9 Å². The molecule has 4 N–H and O–H groups in total. The van der Waals surface area contributed by atoms with E-state index in [0.717, 1.165) is 22.3 Å². The minimum absolute atomic E-state index is 0.491. The SMILES string of the molecule is O=P(O)(O)C(C[n+]1ccc(-c2ccccc2-c2ccccc2)cc1)P(=O)(O)O. The highest BCUT2D eigenvalue weighted by molar-refractivity contribution is 7.70. The van der Waals surface area contributed by atoms with Crippen molar-refractivity contribution < 1.29 is 33.3 Å². The first-order valence-corrected chi connectivity index (χ1v) is 11.8. The maximum Gasteiger partial charge on any atom is 0.347 e. The maximum absolute atomic E-state index is 11.5. The van der Waals surface area contributed by atoms with Gasteiger partial charge in [-0.05, 0) is 22.3 Å². The van der Waals surface area contributed by atoms with Gasteiger partial charge in [-0.25, -0.2) is 4.57 Å². The van der Waals surface area contributed by atoms with Crippen LogP contribution in [-0.2, 0) is 15.7 Å². The largest absolute Gasteiger partial charge is 0.347 e. The molecule has 0 unspecified atom stereocenters. The third-order valence-electron chi connectivity index (χ3n) is 4.36. The third kappa shape index (κ3) is 4.83. The molecule has 0 aliphatic rings. The number of rotatable bonds is 6. The number of hydrogen-bond acceptors (Lipinski definition) is 2. The second-order valence-electron chi connectivity index (χ2n) is 6.35. The Morgan fingerprint density at radius 1 is 0.679 bits per heavy atom. The third-order valence-corrected chi connectivity index (χ3v) is 8.05. The lowest BCUT2D eigenvalue weighted by Crippen LogP contribution is -2.39. The van der Waals surface area contributed by atoms with E-state index in [1.165, 1.54) is 4.57 Å². The number of benzene rings is 2. The lowest BCUT2D eigenvalue weighted by Gasteiger charge is -2.16. The van der Waals surface area contributed by atoms with Crippen molar-refractivity contribution in [3.05, 3.63) is 79.1 Å². The molecule has 146 valence electrons. The molecule has 28 heavy (non-hydrogen) atoms. The van der Waals surface area contributed by atoms with Crippen molar-refractivity contribution in [2.45, 2.75) is 11.9 Å². The Morgan fingerprint density at radius 3 is 1.57 bits per heavy atom. The zero-order chi connectivity index (χ0) is 20.4. The molecule has 0 radical (unpaired) electrons. The van der Waals surface area contributed by atoms with Crippen molar-refractivity contribution in [3.63, 3.8) is 0 Å². The molecular formula is C19H20NO6P2+. The quantitative estimate of drug-likeness (QED) is 0.360. The molecule has 0 atom stereocenters. The fourth-order valence-electron chi connectivity index (χ4n) is 2.96. The molecular weight excluding hydrogens is 400 g/mol. The van der Waals surface area contributed by atoms with Gasteiger partial charge < -0.3 is 19.6 Å². The Hall–Kier alpha value is -2.11. The first-order valence-electron chi connectivity index (χ1n) is 8.40. The van der Waals surface area contributed by atoms with Crippen LogP contribution in [0.2, 0.25) is 0 Å². The minimum atomic E-state index is -4.96. The molecule has 0 amide bonds. The maximum atomic E-state index is 11.5. The van der Waals surface area contributed by atoms with E-state index in [0.29, 0.717) is 0 Å². The highest BCUT2D eigenvalue weighted by Crippen LogP contribution is 2.59. The molecule has 3 rings (SSSR count). The minimum Gasteiger partial charge on any atom is -0.324 e. The van der Waals surface area contributed by atoms with Gasteiger partial charge in [0.25, 0.3) is 0 Å². The molecule has 3 aromatic rings. The monoisotopic (exact) mass is 420 g/mol. The average molecular weight is 420 g/mol. The van der Waals surface area contributed by atoms with Gasteiger partial charge in [0, 0.05) is 12.1 Å². The highest BCUT2D eigenvalue weighted by atomic mass is 31.2. The van der Waals surface area contributed by atoms with Crippen LogP contribution in [0.15, 0.2) is 79.1 Å². The fraction of sp³-hybridized carbons (Fsp3) is 0.105. The van der Waals surface area contributed by atoms with E-state index in [1.807, 2.05) is 54.6 Å². The standard InChI is InChI=1S/C19H19NO6P2/c21-27(22,23)19(28(24,25)26)14-20-12-10-16(11-13-20)18-9-5-4-8-17(18)15-6-2-1-3-7-15/h1-13,19H,14H2,(H3-,21,22,23,24,25,26)/p+1. The van der Waals surface area contributed by atoms with Crippen LogP contribution < -0.4 is 4.57 Å². The molecule has 0 aliphatic carbocycles. The van der Waals surface area contributed by atoms with Gasteiger partial charge in [-0.3, -0.25) is 9.13 Å². The van der Waals surface area contributed by atoms with Gasteiger partial charge in [0.05, 0.1) is 0 Å². The van der Waals surface area contributed by atoms with Gasteiger partial charge in [-0.15, -0.1) is 0 Å². The first kappa shape index (κ1) is 20.6. The molecule has 7 nitrogen and oxygen atoms in total. The van der Waals surface area contributed by atoms with Crippen molar-refractivity contribution in [1.29, 1.82) is 0 Å². The van der Waals surface area contributed by atoms with E-state index in [4.69, 9.17) is 0 Å². The summed E-state index contributed by atoms with van der Waals surface area (Å²) in [5.41, 5.74) is 3.93. The average Bonchev–Trinajstić information content (AvgIpc) is 2.65. The van der Waals surface area contributed by atoms with Crippen molar-refractivity contribution in [2.24, 2.45) is 0 Å². The summed E-state index contributed by atoms with van der Waals surface area (Å²) in [4.78, 5) is 37.1. The summed E-state index contributed by atoms with van der Waals surface area (Å²) in [5.74, 6) is 0. The summed E-state index contributed by atoms with van der Waals surface area (Å²) >= 11 is 0. The van der Waals surface area contributed by atoms with Crippen LogP contribution in [0.25, 0.3) is 22.3 Å². The van der Waals surface area contributed by atoms with Crippen LogP contribution in [-0.4, -0.2) is 25.0 Å². The summed E-state index contributed by atoms with van der Waals surface area (Å²) in [6.07, 6.45) is 3.10. The summed E-state index contributed by atoms with van der Waals surface area (Å²) in [7, 11) is -9.93. The summed E-state index contributed by atoms with van der Waals surface area (Å²) in [5, 5.41) is -2.08. The summed E-state index contributed by atoms with van der Waals surface area (Å²) in [6.45, 7) is -0.491. The molecule has 1 aromatic heterocycles. The highest BCUT2D eigenvalue weighted by Gasteiger charge is 2.46. The van der Waals surface area contributed by atoms with E-state index in [1.54, 1.807) is 24.5 Å². The van der Waals surface area contributed by atoms with Crippen LogP contribution in [0, 0.1) is 0 Å². The molecule has 0 aliphatic heterocycles. The second-order valence-corrected chi connectivity index (χ2v) is 10.4. The van der Waals surface area contributed by atoms with Crippen LogP contribution >= 0.6 is 15.2 Å². The zero-order valence-electron chi connectivity index (χ0n) is 14.7. The van der Waals surface area contributed by atoms with Crippen LogP contribution in [0.4, 0.5) is 0 Å². The van der Waals surface area contributed by atoms with Crippen LogP contribution in [0.3, 0.4) is 0 Å². The Balaban J connectivity index is 1.93. The van der Waals surface area contributed by atoms with E-state index >= 15 is 0 Å². The predicted octanol–water partition coefficient (Wildman–Crippen LogP) is 2.99. The predicted molar refractivity (Wildman–Crippen MR) is 105 cm³/mol. The summed E-state index contributed by atoms with van der Waals surface area (Å²) in [6, 6.07) is 21.2. The van der Waals surface area contributed by atoms with Crippen LogP contribution in [0.5, 0.6) is 0 Å². The molecule has 1 heterocycles. The lowest BCUT2D eigenvalue weighted by atomic mass is 9.95. The Bertz CT molecular complexity index is 1020. The van der Waals surface area contributed by atoms with Crippen molar-refractivity contribution in [1.82, 2.24) is 0 Å². The number of aromatic nitrogens is 1. The van der Waals surface area contributed by atoms with Gasteiger partial charge in [-0.1, -0.05) is 54.6 Å². The molecule has 0 spiro atoms. The van der Waals surface area contributed by atoms with E-state index in [9.17, 15) is 28.7 Å². The Kier molecular flexibility index (Phi) is 5.96. The molecule has 0 saturated heterocycles. The number of nitrogens with zero attached hydrogens (tertiary/aromatic N) is 1. The van der Waals surface area contributed by atoms with Gasteiger partial charge >= 0.3 is 15.2 Å². The van der Waals surface area contributed by atoms with E-state index in [2.05, 4.69) is 0 Å². The lowest BCUT2D eigenvalue weighted by molar-refractivity contribution is -0.694. The second kappa shape index (κ2) is 8.10. The topological polar surface area (TPSA) is 119 Å². The van der Waals surface area contributed by atoms with Gasteiger partial charge in [0.1, 0.15) is 0 Å². The number of hydrogen-bond donors (Lipinski definition) is 4. The Morgan fingerprint density at radius 2 is 1.11 bits per heavy atom. The molecule has 0 bridgehead atoms. The van der Waals surface area contributed by atoms with Crippen molar-refractivity contribution in [2.75, 3.05) is 0 Å². The fourth-order valence-corrected chi connectivity index (χ4v) is 5.33. The molecule has 0 fully saturated rings. The normalized spacial score (nSPS) is 12.3. The number of pyridine rings is 1. The molecule has 9 heteroatoms. The van der Waals surface area contributed by atoms with Crippen molar-refractivity contribution in [3.8, 4) is 22.3 Å². The molecule has 2 aromatic carbocycles.